The average molecular weight is 246 g/mol. The van der Waals surface area contributed by atoms with Gasteiger partial charge < -0.3 is 15.7 Å². The molecule has 0 saturated heterocycles. The number of aliphatic hydroxyl groups is 1. The molecule has 0 bridgehead atoms. The molecule has 0 heterocycles. The zero-order chi connectivity index (χ0) is 13.4. The Morgan fingerprint density at radius 2 is 2.06 bits per heavy atom. The van der Waals surface area contributed by atoms with Gasteiger partial charge in [-0.15, -0.1) is 5.92 Å². The predicted molar refractivity (Wildman–Crippen MR) is 72.4 cm³/mol. The molecular formula is C14H18N2O2. The molecule has 1 rings (SSSR count). The Labute approximate surface area is 107 Å². The summed E-state index contributed by atoms with van der Waals surface area (Å²) in [7, 11) is 0. The van der Waals surface area contributed by atoms with Crippen LogP contribution in [0.25, 0.3) is 0 Å². The van der Waals surface area contributed by atoms with Gasteiger partial charge in [-0.25, -0.2) is 0 Å². The molecule has 1 aromatic rings. The van der Waals surface area contributed by atoms with Gasteiger partial charge >= 0.3 is 0 Å². The maximum atomic E-state index is 11.7. The highest BCUT2D eigenvalue weighted by Gasteiger charge is 2.08. The monoisotopic (exact) mass is 246 g/mol. The number of hydrogen-bond acceptors (Lipinski definition) is 3. The van der Waals surface area contributed by atoms with Crippen LogP contribution in [0.15, 0.2) is 24.3 Å². The summed E-state index contributed by atoms with van der Waals surface area (Å²) in [5.41, 5.74) is 1.49. The first-order valence-electron chi connectivity index (χ1n) is 5.82. The summed E-state index contributed by atoms with van der Waals surface area (Å²) in [6.07, 6.45) is 0. The van der Waals surface area contributed by atoms with Crippen LogP contribution in [0.4, 0.5) is 5.69 Å². The van der Waals surface area contributed by atoms with E-state index in [-0.39, 0.29) is 18.6 Å². The largest absolute Gasteiger partial charge is 0.394 e. The van der Waals surface area contributed by atoms with Crippen molar-refractivity contribution in [2.75, 3.05) is 18.5 Å². The lowest BCUT2D eigenvalue weighted by Crippen LogP contribution is -2.34. The fraction of sp³-hybridized carbons (Fsp3) is 0.357. The number of amides is 1. The Bertz CT molecular complexity index is 443. The molecular weight excluding hydrogens is 228 g/mol. The highest BCUT2D eigenvalue weighted by atomic mass is 16.3. The van der Waals surface area contributed by atoms with Crippen LogP contribution in [0.5, 0.6) is 0 Å². The lowest BCUT2D eigenvalue weighted by Gasteiger charge is -2.11. The minimum Gasteiger partial charge on any atom is -0.394 e. The van der Waals surface area contributed by atoms with Crippen molar-refractivity contribution in [3.63, 3.8) is 0 Å². The van der Waals surface area contributed by atoms with Gasteiger partial charge in [-0.05, 0) is 38.1 Å². The van der Waals surface area contributed by atoms with E-state index in [1.54, 1.807) is 26.0 Å². The molecule has 1 aromatic carbocycles. The van der Waals surface area contributed by atoms with Crippen molar-refractivity contribution in [3.05, 3.63) is 29.8 Å². The normalized spacial score (nSPS) is 11.1. The maximum Gasteiger partial charge on any atom is 0.251 e. The third kappa shape index (κ3) is 4.48. The molecule has 18 heavy (non-hydrogen) atoms. The van der Waals surface area contributed by atoms with E-state index in [1.165, 1.54) is 0 Å². The first-order valence-corrected chi connectivity index (χ1v) is 5.82. The lowest BCUT2D eigenvalue weighted by atomic mass is 10.2. The summed E-state index contributed by atoms with van der Waals surface area (Å²) in [6.45, 7) is 4.05. The van der Waals surface area contributed by atoms with Crippen molar-refractivity contribution in [1.82, 2.24) is 5.32 Å². The topological polar surface area (TPSA) is 61.4 Å². The van der Waals surface area contributed by atoms with E-state index in [4.69, 9.17) is 5.11 Å². The van der Waals surface area contributed by atoms with E-state index in [0.29, 0.717) is 12.1 Å². The predicted octanol–water partition coefficient (Wildman–Crippen LogP) is 1.23. The molecule has 0 radical (unpaired) electrons. The van der Waals surface area contributed by atoms with Gasteiger partial charge in [0.15, 0.2) is 0 Å². The molecule has 0 aliphatic heterocycles. The molecule has 0 fully saturated rings. The molecule has 0 saturated carbocycles. The number of anilines is 1. The minimum atomic E-state index is -0.241. The molecule has 0 aliphatic carbocycles. The van der Waals surface area contributed by atoms with Crippen LogP contribution in [0.3, 0.4) is 0 Å². The van der Waals surface area contributed by atoms with Crippen LogP contribution in [0, 0.1) is 11.8 Å². The van der Waals surface area contributed by atoms with Crippen LogP contribution in [0.1, 0.15) is 24.2 Å². The van der Waals surface area contributed by atoms with Crippen LogP contribution < -0.4 is 10.6 Å². The lowest BCUT2D eigenvalue weighted by molar-refractivity contribution is 0.0922. The quantitative estimate of drug-likeness (QED) is 0.685. The van der Waals surface area contributed by atoms with Crippen molar-refractivity contribution in [3.8, 4) is 11.8 Å². The number of carbonyl (C=O) groups is 1. The van der Waals surface area contributed by atoms with Gasteiger partial charge in [0.2, 0.25) is 0 Å². The summed E-state index contributed by atoms with van der Waals surface area (Å²) in [6, 6.07) is 6.89. The number of carbonyl (C=O) groups excluding carboxylic acids is 1. The summed E-state index contributed by atoms with van der Waals surface area (Å²) in [4.78, 5) is 11.7. The second-order valence-corrected chi connectivity index (χ2v) is 3.91. The Kier molecular flexibility index (Phi) is 5.75. The van der Waals surface area contributed by atoms with Crippen LogP contribution in [0.2, 0.25) is 0 Å². The van der Waals surface area contributed by atoms with Gasteiger partial charge in [0.05, 0.1) is 13.2 Å². The summed E-state index contributed by atoms with van der Waals surface area (Å²) < 4.78 is 0. The Morgan fingerprint density at radius 1 is 1.39 bits per heavy atom. The summed E-state index contributed by atoms with van der Waals surface area (Å²) in [5, 5.41) is 14.7. The fourth-order valence-corrected chi connectivity index (χ4v) is 1.33. The molecule has 4 nitrogen and oxygen atoms in total. The Balaban J connectivity index is 2.58. The number of benzene rings is 1. The molecule has 0 spiro atoms. The van der Waals surface area contributed by atoms with E-state index in [2.05, 4.69) is 22.5 Å². The third-order valence-corrected chi connectivity index (χ3v) is 2.36. The number of aliphatic hydroxyl groups excluding tert-OH is 1. The third-order valence-electron chi connectivity index (χ3n) is 2.36. The van der Waals surface area contributed by atoms with Gasteiger partial charge in [0.1, 0.15) is 0 Å². The SMILES string of the molecule is CC#CCNc1ccc(C(=O)NC(C)CO)cc1. The molecule has 0 aromatic heterocycles. The van der Waals surface area contributed by atoms with Crippen molar-refractivity contribution in [2.24, 2.45) is 0 Å². The van der Waals surface area contributed by atoms with E-state index in [0.717, 1.165) is 5.69 Å². The number of nitrogens with one attached hydrogen (secondary N) is 2. The maximum absolute atomic E-state index is 11.7. The van der Waals surface area contributed by atoms with E-state index in [9.17, 15) is 4.79 Å². The van der Waals surface area contributed by atoms with Gasteiger partial charge in [0, 0.05) is 17.3 Å². The van der Waals surface area contributed by atoms with Crippen LogP contribution in [-0.4, -0.2) is 30.2 Å². The van der Waals surface area contributed by atoms with Crippen LogP contribution in [-0.2, 0) is 0 Å². The first-order chi connectivity index (χ1) is 8.67. The van der Waals surface area contributed by atoms with Gasteiger partial charge in [-0.2, -0.15) is 0 Å². The fourth-order valence-electron chi connectivity index (χ4n) is 1.33. The standard InChI is InChI=1S/C14H18N2O2/c1-3-4-9-15-13-7-5-12(6-8-13)14(18)16-11(2)10-17/h5-8,11,15,17H,9-10H2,1-2H3,(H,16,18). The molecule has 1 amide bonds. The number of hydrogen-bond donors (Lipinski definition) is 3. The Morgan fingerprint density at radius 3 is 2.61 bits per heavy atom. The van der Waals surface area contributed by atoms with Crippen LogP contribution >= 0.6 is 0 Å². The molecule has 3 N–H and O–H groups in total. The minimum absolute atomic E-state index is 0.0684. The highest BCUT2D eigenvalue weighted by Crippen LogP contribution is 2.09. The van der Waals surface area contributed by atoms with Gasteiger partial charge in [-0.1, -0.05) is 5.92 Å². The highest BCUT2D eigenvalue weighted by molar-refractivity contribution is 5.94. The van der Waals surface area contributed by atoms with E-state index < -0.39 is 0 Å². The molecule has 4 heteroatoms. The average Bonchev–Trinajstić information content (AvgIpc) is 2.39. The molecule has 0 aliphatic rings. The van der Waals surface area contributed by atoms with Crippen molar-refractivity contribution < 1.29 is 9.90 Å². The smallest absolute Gasteiger partial charge is 0.251 e. The zero-order valence-corrected chi connectivity index (χ0v) is 10.7. The van der Waals surface area contributed by atoms with Crippen molar-refractivity contribution >= 4 is 11.6 Å². The number of rotatable bonds is 5. The second kappa shape index (κ2) is 7.36. The first kappa shape index (κ1) is 14.1. The van der Waals surface area contributed by atoms with E-state index in [1.807, 2.05) is 12.1 Å². The molecule has 1 atom stereocenters. The second-order valence-electron chi connectivity index (χ2n) is 3.91. The van der Waals surface area contributed by atoms with Gasteiger partial charge in [-0.3, -0.25) is 4.79 Å². The van der Waals surface area contributed by atoms with Gasteiger partial charge in [0.25, 0.3) is 5.91 Å². The zero-order valence-electron chi connectivity index (χ0n) is 10.7. The van der Waals surface area contributed by atoms with E-state index >= 15 is 0 Å². The van der Waals surface area contributed by atoms with Crippen molar-refractivity contribution in [2.45, 2.75) is 19.9 Å². The Hall–Kier alpha value is -1.99. The molecule has 1 unspecified atom stereocenters. The summed E-state index contributed by atoms with van der Waals surface area (Å²) >= 11 is 0. The molecule has 96 valence electrons. The van der Waals surface area contributed by atoms with Crippen molar-refractivity contribution in [1.29, 1.82) is 0 Å². The summed E-state index contributed by atoms with van der Waals surface area (Å²) in [5.74, 6) is 5.51.